The van der Waals surface area contributed by atoms with Crippen LogP contribution in [0.2, 0.25) is 0 Å². The maximum absolute atomic E-state index is 13.3. The van der Waals surface area contributed by atoms with E-state index in [1.54, 1.807) is 0 Å². The lowest BCUT2D eigenvalue weighted by Gasteiger charge is -2.05. The summed E-state index contributed by atoms with van der Waals surface area (Å²) in [6.07, 6.45) is 1.28. The number of nitrogens with one attached hydrogen (secondary N) is 2. The molecule has 0 aliphatic rings. The second-order valence-electron chi connectivity index (χ2n) is 3.48. The molecule has 0 fully saturated rings. The average Bonchev–Trinajstić information content (AvgIpc) is 2.85. The Morgan fingerprint density at radius 2 is 2.06 bits per heavy atom. The normalized spacial score (nSPS) is 11.7. The van der Waals surface area contributed by atoms with E-state index in [1.165, 1.54) is 12.3 Å². The van der Waals surface area contributed by atoms with Gasteiger partial charge in [0.2, 0.25) is 0 Å². The number of aromatic amines is 1. The van der Waals surface area contributed by atoms with Crippen molar-refractivity contribution in [3.05, 3.63) is 47.7 Å². The lowest BCUT2D eigenvalue weighted by molar-refractivity contribution is 0.564. The van der Waals surface area contributed by atoms with Gasteiger partial charge in [0, 0.05) is 12.1 Å². The smallest absolute Gasteiger partial charge is 0.257 e. The van der Waals surface area contributed by atoms with Crippen LogP contribution in [-0.2, 0) is 16.6 Å². The molecule has 2 N–H and O–H groups in total. The molecule has 96 valence electrons. The number of hydrogen-bond acceptors (Lipinski definition) is 3. The molecule has 1 aromatic heterocycles. The summed E-state index contributed by atoms with van der Waals surface area (Å²) >= 11 is 0. The summed E-state index contributed by atoms with van der Waals surface area (Å²) in [5.41, 5.74) is -0.0712. The van der Waals surface area contributed by atoms with Gasteiger partial charge in [-0.2, -0.15) is 5.10 Å². The minimum atomic E-state index is -3.80. The van der Waals surface area contributed by atoms with Crippen LogP contribution < -0.4 is 4.72 Å². The predicted molar refractivity (Wildman–Crippen MR) is 59.0 cm³/mol. The summed E-state index contributed by atoms with van der Waals surface area (Å²) in [6.45, 7) is -0.342. The summed E-state index contributed by atoms with van der Waals surface area (Å²) in [6, 6.07) is 4.09. The fraction of sp³-hybridized carbons (Fsp3) is 0.100. The number of rotatable bonds is 4. The highest BCUT2D eigenvalue weighted by Gasteiger charge is 2.16. The monoisotopic (exact) mass is 273 g/mol. The van der Waals surface area contributed by atoms with Crippen molar-refractivity contribution in [1.82, 2.24) is 14.9 Å². The summed E-state index contributed by atoms with van der Waals surface area (Å²) in [4.78, 5) is 0. The van der Waals surface area contributed by atoms with Crippen LogP contribution in [0.4, 0.5) is 8.78 Å². The highest BCUT2D eigenvalue weighted by molar-refractivity contribution is 7.89. The Morgan fingerprint density at radius 1 is 1.28 bits per heavy atom. The third-order valence-corrected chi connectivity index (χ3v) is 3.56. The molecule has 0 radical (unpaired) electrons. The summed E-state index contributed by atoms with van der Waals surface area (Å²) < 4.78 is 51.6. The highest BCUT2D eigenvalue weighted by Crippen LogP contribution is 2.11. The van der Waals surface area contributed by atoms with Crippen molar-refractivity contribution >= 4 is 10.0 Å². The molecular weight excluding hydrogens is 264 g/mol. The fourth-order valence-electron chi connectivity index (χ4n) is 1.32. The van der Waals surface area contributed by atoms with E-state index in [2.05, 4.69) is 14.9 Å². The molecule has 0 aliphatic heterocycles. The average molecular weight is 273 g/mol. The molecule has 0 saturated heterocycles. The predicted octanol–water partition coefficient (Wildman–Crippen LogP) is 1.17. The first kappa shape index (κ1) is 12.7. The van der Waals surface area contributed by atoms with Gasteiger partial charge in [0.25, 0.3) is 10.0 Å². The summed E-state index contributed by atoms with van der Waals surface area (Å²) in [5, 5.41) is 5.63. The second-order valence-corrected chi connectivity index (χ2v) is 5.22. The third-order valence-electron chi connectivity index (χ3n) is 2.23. The standard InChI is InChI=1S/C10H9F2N3O2S/c11-8-1-2-9(12)7(5-8)6-14-18(16,17)10-3-4-13-15-10/h1-5,14H,6H2,(H,13,15). The number of H-pyrrole nitrogens is 1. The molecule has 2 rings (SSSR count). The number of hydrogen-bond donors (Lipinski definition) is 2. The van der Waals surface area contributed by atoms with Crippen LogP contribution >= 0.6 is 0 Å². The number of sulfonamides is 1. The second kappa shape index (κ2) is 4.83. The molecule has 0 amide bonds. The Bertz CT molecular complexity index is 641. The van der Waals surface area contributed by atoms with Crippen molar-refractivity contribution in [3.63, 3.8) is 0 Å². The fourth-order valence-corrected chi connectivity index (χ4v) is 2.24. The molecule has 0 saturated carbocycles. The lowest BCUT2D eigenvalue weighted by Crippen LogP contribution is -2.24. The molecule has 5 nitrogen and oxygen atoms in total. The van der Waals surface area contributed by atoms with Gasteiger partial charge in [0.1, 0.15) is 11.6 Å². The zero-order chi connectivity index (χ0) is 13.2. The van der Waals surface area contributed by atoms with Crippen LogP contribution in [0.25, 0.3) is 0 Å². The van der Waals surface area contributed by atoms with Crippen molar-refractivity contribution in [1.29, 1.82) is 0 Å². The summed E-state index contributed by atoms with van der Waals surface area (Å²) in [5.74, 6) is -1.31. The van der Waals surface area contributed by atoms with E-state index in [9.17, 15) is 17.2 Å². The molecule has 2 aromatic rings. The van der Waals surface area contributed by atoms with Crippen molar-refractivity contribution < 1.29 is 17.2 Å². The molecule has 0 bridgehead atoms. The highest BCUT2D eigenvalue weighted by atomic mass is 32.2. The first-order valence-electron chi connectivity index (χ1n) is 4.92. The maximum atomic E-state index is 13.3. The van der Waals surface area contributed by atoms with Crippen LogP contribution in [0.3, 0.4) is 0 Å². The SMILES string of the molecule is O=S(=O)(NCc1cc(F)ccc1F)c1ccn[nH]1. The van der Waals surface area contributed by atoms with Crippen LogP contribution in [0.1, 0.15) is 5.56 Å². The molecule has 0 aliphatic carbocycles. The van der Waals surface area contributed by atoms with E-state index < -0.39 is 21.7 Å². The summed E-state index contributed by atoms with van der Waals surface area (Å²) in [7, 11) is -3.80. The van der Waals surface area contributed by atoms with E-state index in [4.69, 9.17) is 0 Å². The molecule has 1 aromatic carbocycles. The van der Waals surface area contributed by atoms with Crippen molar-refractivity contribution in [2.75, 3.05) is 0 Å². The van der Waals surface area contributed by atoms with Crippen LogP contribution in [0, 0.1) is 11.6 Å². The number of halogens is 2. The van der Waals surface area contributed by atoms with Gasteiger partial charge in [-0.05, 0) is 24.3 Å². The van der Waals surface area contributed by atoms with Gasteiger partial charge in [-0.15, -0.1) is 0 Å². The molecule has 18 heavy (non-hydrogen) atoms. The first-order chi connectivity index (χ1) is 8.49. The van der Waals surface area contributed by atoms with Crippen molar-refractivity contribution in [3.8, 4) is 0 Å². The Labute approximate surface area is 102 Å². The quantitative estimate of drug-likeness (QED) is 0.878. The van der Waals surface area contributed by atoms with E-state index in [-0.39, 0.29) is 17.1 Å². The van der Waals surface area contributed by atoms with Gasteiger partial charge >= 0.3 is 0 Å². The van der Waals surface area contributed by atoms with Gasteiger partial charge in [-0.3, -0.25) is 5.10 Å². The van der Waals surface area contributed by atoms with Crippen molar-refractivity contribution in [2.24, 2.45) is 0 Å². The third kappa shape index (κ3) is 2.71. The number of nitrogens with zero attached hydrogens (tertiary/aromatic N) is 1. The van der Waals surface area contributed by atoms with E-state index >= 15 is 0 Å². The zero-order valence-electron chi connectivity index (χ0n) is 9.02. The minimum absolute atomic E-state index is 0.0712. The van der Waals surface area contributed by atoms with Gasteiger partial charge in [-0.25, -0.2) is 21.9 Å². The topological polar surface area (TPSA) is 74.8 Å². The van der Waals surface area contributed by atoms with Crippen molar-refractivity contribution in [2.45, 2.75) is 11.6 Å². The molecule has 1 heterocycles. The van der Waals surface area contributed by atoms with Gasteiger partial charge in [-0.1, -0.05) is 0 Å². The van der Waals surface area contributed by atoms with Gasteiger partial charge < -0.3 is 0 Å². The van der Waals surface area contributed by atoms with Gasteiger partial charge in [0.15, 0.2) is 5.03 Å². The Balaban J connectivity index is 2.15. The molecule has 8 heteroatoms. The lowest BCUT2D eigenvalue weighted by atomic mass is 10.2. The van der Waals surface area contributed by atoms with Gasteiger partial charge in [0.05, 0.1) is 6.20 Å². The zero-order valence-corrected chi connectivity index (χ0v) is 9.84. The first-order valence-corrected chi connectivity index (χ1v) is 6.40. The largest absolute Gasteiger partial charge is 0.266 e. The Kier molecular flexibility index (Phi) is 3.39. The van der Waals surface area contributed by atoms with Crippen LogP contribution in [0.5, 0.6) is 0 Å². The van der Waals surface area contributed by atoms with E-state index in [1.807, 2.05) is 0 Å². The van der Waals surface area contributed by atoms with Crippen LogP contribution in [-0.4, -0.2) is 18.6 Å². The number of aromatic nitrogens is 2. The molecule has 0 spiro atoms. The van der Waals surface area contributed by atoms with Crippen LogP contribution in [0.15, 0.2) is 35.5 Å². The minimum Gasteiger partial charge on any atom is -0.266 e. The molecule has 0 unspecified atom stereocenters. The van der Waals surface area contributed by atoms with E-state index in [0.717, 1.165) is 18.2 Å². The maximum Gasteiger partial charge on any atom is 0.257 e. The molecule has 0 atom stereocenters. The number of benzene rings is 1. The Hall–Kier alpha value is -1.80. The molecular formula is C10H9F2N3O2S. The Morgan fingerprint density at radius 3 is 2.72 bits per heavy atom. The van der Waals surface area contributed by atoms with E-state index in [0.29, 0.717) is 0 Å².